The zero-order valence-electron chi connectivity index (χ0n) is 16.8. The molecule has 4 nitrogen and oxygen atoms in total. The van der Waals surface area contributed by atoms with Crippen LogP contribution in [0.25, 0.3) is 0 Å². The second-order valence-electron chi connectivity index (χ2n) is 7.59. The van der Waals surface area contributed by atoms with Crippen molar-refractivity contribution in [3.8, 4) is 0 Å². The van der Waals surface area contributed by atoms with Gasteiger partial charge in [0.15, 0.2) is 0 Å². The van der Waals surface area contributed by atoms with Gasteiger partial charge < -0.3 is 10.6 Å². The van der Waals surface area contributed by atoms with Crippen LogP contribution in [0.2, 0.25) is 15.1 Å². The normalized spacial score (nSPS) is 21.1. The largest absolute Gasteiger partial charge is 0.326 e. The maximum absolute atomic E-state index is 13.9. The van der Waals surface area contributed by atoms with Crippen LogP contribution in [0.5, 0.6) is 0 Å². The lowest BCUT2D eigenvalue weighted by Crippen LogP contribution is -2.18. The Hall–Kier alpha value is -1.90. The van der Waals surface area contributed by atoms with Gasteiger partial charge in [-0.05, 0) is 54.1 Å². The first kappa shape index (κ1) is 25.2. The third kappa shape index (κ3) is 5.19. The van der Waals surface area contributed by atoms with Crippen molar-refractivity contribution < 1.29 is 18.4 Å². The molecule has 2 N–H and O–H groups in total. The highest BCUT2D eigenvalue weighted by Gasteiger charge is 2.67. The third-order valence-corrected chi connectivity index (χ3v) is 7.46. The maximum atomic E-state index is 13.9. The average molecular weight is 609 g/mol. The topological polar surface area (TPSA) is 58.2 Å². The molecule has 0 spiro atoms. The van der Waals surface area contributed by atoms with Gasteiger partial charge in [-0.15, -0.1) is 11.6 Å². The second kappa shape index (κ2) is 9.63. The van der Waals surface area contributed by atoms with Crippen LogP contribution in [0, 0.1) is 17.6 Å². The van der Waals surface area contributed by atoms with Crippen LogP contribution in [0.15, 0.2) is 54.6 Å². The molecule has 3 atom stereocenters. The lowest BCUT2D eigenvalue weighted by molar-refractivity contribution is -0.117. The van der Waals surface area contributed by atoms with Gasteiger partial charge in [0.05, 0.1) is 22.2 Å². The Balaban J connectivity index is 1.52. The number of halogens is 7. The minimum absolute atomic E-state index is 0.0202. The highest BCUT2D eigenvalue weighted by atomic mass is 79.9. The fourth-order valence-electron chi connectivity index (χ4n) is 3.60. The van der Waals surface area contributed by atoms with E-state index in [1.807, 2.05) is 0 Å². The van der Waals surface area contributed by atoms with Crippen molar-refractivity contribution >= 4 is 85.5 Å². The predicted molar refractivity (Wildman–Crippen MR) is 135 cm³/mol. The molecule has 3 aromatic carbocycles. The van der Waals surface area contributed by atoms with E-state index in [0.717, 1.165) is 12.1 Å². The molecule has 1 saturated carbocycles. The molecular weight excluding hydrogens is 596 g/mol. The molecule has 1 fully saturated rings. The summed E-state index contributed by atoms with van der Waals surface area (Å²) in [4.78, 5) is 25.6. The summed E-state index contributed by atoms with van der Waals surface area (Å²) in [7, 11) is 0. The number of carbonyl (C=O) groups excluding carboxylic acids is 2. The van der Waals surface area contributed by atoms with Gasteiger partial charge in [0.2, 0.25) is 5.91 Å². The lowest BCUT2D eigenvalue weighted by atomic mass is 10.1. The Morgan fingerprint density at radius 1 is 0.912 bits per heavy atom. The monoisotopic (exact) mass is 606 g/mol. The van der Waals surface area contributed by atoms with Gasteiger partial charge in [-0.2, -0.15) is 0 Å². The Morgan fingerprint density at radius 3 is 2.24 bits per heavy atom. The molecular formula is C23H13BrCl4F2N2O2. The van der Waals surface area contributed by atoms with Crippen LogP contribution in [0.3, 0.4) is 0 Å². The predicted octanol–water partition coefficient (Wildman–Crippen LogP) is 7.86. The zero-order chi connectivity index (χ0) is 24.8. The molecule has 11 heteroatoms. The standard InChI is InChI=1S/C23H13BrCl4F2N2O2/c24-23(28)19(10-5-11(25)7-12(26)6-10)20(23)22(34)31-14-2-3-16(27)15(9-14)21(33)32-18-4-1-13(29)8-17(18)30/h1-9,19-20H,(H,31,34)(H,32,33)/t19-,20+,23?/m0/s1. The first-order valence-electron chi connectivity index (χ1n) is 9.68. The molecule has 2 amide bonds. The number of anilines is 2. The van der Waals surface area contributed by atoms with E-state index in [4.69, 9.17) is 46.4 Å². The number of hydrogen-bond acceptors (Lipinski definition) is 2. The minimum Gasteiger partial charge on any atom is -0.326 e. The van der Waals surface area contributed by atoms with E-state index in [-0.39, 0.29) is 22.0 Å². The summed E-state index contributed by atoms with van der Waals surface area (Å²) in [5, 5.41) is 5.95. The molecule has 4 rings (SSSR count). The van der Waals surface area contributed by atoms with E-state index in [9.17, 15) is 18.4 Å². The molecule has 0 saturated heterocycles. The van der Waals surface area contributed by atoms with Crippen LogP contribution >= 0.6 is 62.3 Å². The molecule has 1 aliphatic carbocycles. The average Bonchev–Trinajstić information content (AvgIpc) is 3.33. The van der Waals surface area contributed by atoms with Crippen molar-refractivity contribution in [3.05, 3.63) is 92.4 Å². The summed E-state index contributed by atoms with van der Waals surface area (Å²) < 4.78 is 26.0. The van der Waals surface area contributed by atoms with E-state index in [0.29, 0.717) is 21.7 Å². The van der Waals surface area contributed by atoms with Crippen molar-refractivity contribution in [2.45, 2.75) is 9.70 Å². The van der Waals surface area contributed by atoms with Crippen LogP contribution in [-0.2, 0) is 4.79 Å². The Morgan fingerprint density at radius 2 is 1.59 bits per heavy atom. The van der Waals surface area contributed by atoms with E-state index >= 15 is 0 Å². The second-order valence-corrected chi connectivity index (χ2v) is 11.3. The smallest absolute Gasteiger partial charge is 0.257 e. The highest BCUT2D eigenvalue weighted by molar-refractivity contribution is 9.10. The van der Waals surface area contributed by atoms with Crippen molar-refractivity contribution in [2.24, 2.45) is 5.92 Å². The van der Waals surface area contributed by atoms with Crippen molar-refractivity contribution in [2.75, 3.05) is 10.6 Å². The molecule has 176 valence electrons. The summed E-state index contributed by atoms with van der Waals surface area (Å²) in [6, 6.07) is 11.9. The molecule has 1 unspecified atom stereocenters. The van der Waals surface area contributed by atoms with Crippen molar-refractivity contribution in [1.82, 2.24) is 0 Å². The minimum atomic E-state index is -1.04. The molecule has 34 heavy (non-hydrogen) atoms. The fraction of sp³-hybridized carbons (Fsp3) is 0.130. The third-order valence-electron chi connectivity index (χ3n) is 5.24. The van der Waals surface area contributed by atoms with E-state index in [2.05, 4.69) is 26.6 Å². The van der Waals surface area contributed by atoms with Gasteiger partial charge in [-0.3, -0.25) is 9.59 Å². The van der Waals surface area contributed by atoms with Crippen LogP contribution < -0.4 is 10.6 Å². The molecule has 3 aromatic rings. The number of carbonyl (C=O) groups is 2. The summed E-state index contributed by atoms with van der Waals surface area (Å²) in [6.07, 6.45) is 0. The summed E-state index contributed by atoms with van der Waals surface area (Å²) in [5.41, 5.74) is 0.730. The lowest BCUT2D eigenvalue weighted by Gasteiger charge is -2.11. The SMILES string of the molecule is O=C(Nc1ccc(F)cc1F)c1cc(NC(=O)[C@H]2[C@H](c3cc(Cl)cc(Cl)c3)C2(Cl)Br)ccc1Cl. The Kier molecular flexibility index (Phi) is 7.14. The Bertz CT molecular complexity index is 1300. The first-order valence-corrected chi connectivity index (χ1v) is 12.0. The first-order chi connectivity index (χ1) is 16.0. The van der Waals surface area contributed by atoms with Gasteiger partial charge in [-0.1, -0.05) is 50.7 Å². The molecule has 1 aliphatic rings. The number of rotatable bonds is 5. The quantitative estimate of drug-likeness (QED) is 0.290. The summed E-state index contributed by atoms with van der Waals surface area (Å²) in [5.74, 6) is -3.93. The van der Waals surface area contributed by atoms with Crippen LogP contribution in [0.1, 0.15) is 21.8 Å². The number of benzene rings is 3. The van der Waals surface area contributed by atoms with E-state index in [1.165, 1.54) is 18.2 Å². The molecule has 0 radical (unpaired) electrons. The molecule has 0 aromatic heterocycles. The number of nitrogens with one attached hydrogen (secondary N) is 2. The number of amides is 2. The van der Waals surface area contributed by atoms with Crippen LogP contribution in [-0.4, -0.2) is 15.6 Å². The van der Waals surface area contributed by atoms with Gasteiger partial charge in [0.25, 0.3) is 5.91 Å². The van der Waals surface area contributed by atoms with Crippen molar-refractivity contribution in [3.63, 3.8) is 0 Å². The molecule has 0 aliphatic heterocycles. The molecule has 0 bridgehead atoms. The number of hydrogen-bond donors (Lipinski definition) is 2. The van der Waals surface area contributed by atoms with Gasteiger partial charge in [0.1, 0.15) is 15.4 Å². The van der Waals surface area contributed by atoms with Gasteiger partial charge in [-0.25, -0.2) is 8.78 Å². The van der Waals surface area contributed by atoms with E-state index < -0.39 is 39.1 Å². The fourth-order valence-corrected chi connectivity index (χ4v) is 5.63. The number of alkyl halides is 2. The summed E-state index contributed by atoms with van der Waals surface area (Å²) >= 11 is 28.2. The Labute approximate surface area is 221 Å². The maximum Gasteiger partial charge on any atom is 0.257 e. The van der Waals surface area contributed by atoms with Gasteiger partial charge >= 0.3 is 0 Å². The summed E-state index contributed by atoms with van der Waals surface area (Å²) in [6.45, 7) is 0. The van der Waals surface area contributed by atoms with Gasteiger partial charge in [0, 0.05) is 27.7 Å². The molecule has 0 heterocycles. The van der Waals surface area contributed by atoms with E-state index in [1.54, 1.807) is 18.2 Å². The zero-order valence-corrected chi connectivity index (χ0v) is 21.4. The highest BCUT2D eigenvalue weighted by Crippen LogP contribution is 2.66. The van der Waals surface area contributed by atoms with Crippen molar-refractivity contribution in [1.29, 1.82) is 0 Å². The van der Waals surface area contributed by atoms with Crippen LogP contribution in [0.4, 0.5) is 20.2 Å².